The Hall–Kier alpha value is -2.30. The molecular formula is C20H13Br. The van der Waals surface area contributed by atoms with Crippen LogP contribution in [0.3, 0.4) is 0 Å². The predicted octanol–water partition coefficient (Wildman–Crippen LogP) is 5.67. The zero-order valence-electron chi connectivity index (χ0n) is 11.4. The molecule has 0 radical (unpaired) electrons. The molecule has 3 rings (SSSR count). The van der Waals surface area contributed by atoms with Crippen LogP contribution < -0.4 is 0 Å². The van der Waals surface area contributed by atoms with Crippen molar-refractivity contribution in [3.05, 3.63) is 88.4 Å². The van der Waals surface area contributed by atoms with Gasteiger partial charge in [0.05, 0.1) is 0 Å². The minimum Gasteiger partial charge on any atom is -0.0696 e. The Kier molecular flexibility index (Phi) is 4.19. The van der Waals surface area contributed by atoms with Gasteiger partial charge in [0, 0.05) is 10.0 Å². The molecule has 0 amide bonds. The molecule has 1 heteroatoms. The fraction of sp³-hybridized carbons (Fsp3) is 0. The molecule has 0 saturated carbocycles. The molecule has 0 atom stereocenters. The van der Waals surface area contributed by atoms with E-state index in [0.29, 0.717) is 0 Å². The van der Waals surface area contributed by atoms with Crippen LogP contribution in [0.25, 0.3) is 16.8 Å². The van der Waals surface area contributed by atoms with Gasteiger partial charge in [-0.1, -0.05) is 66.4 Å². The van der Waals surface area contributed by atoms with E-state index < -0.39 is 0 Å². The van der Waals surface area contributed by atoms with Gasteiger partial charge in [-0.25, -0.2) is 0 Å². The number of fused-ring (bicyclic) bond motifs is 1. The van der Waals surface area contributed by atoms with Crippen LogP contribution in [0.1, 0.15) is 11.1 Å². The number of benzene rings is 3. The van der Waals surface area contributed by atoms with Gasteiger partial charge < -0.3 is 0 Å². The second-order valence-electron chi connectivity index (χ2n) is 4.66. The van der Waals surface area contributed by atoms with E-state index in [1.807, 2.05) is 42.5 Å². The maximum Gasteiger partial charge on any atom is 0.0326 e. The molecule has 0 bridgehead atoms. The van der Waals surface area contributed by atoms with Crippen molar-refractivity contribution in [1.82, 2.24) is 0 Å². The molecule has 0 unspecified atom stereocenters. The van der Waals surface area contributed by atoms with Crippen LogP contribution in [0.15, 0.2) is 77.3 Å². The van der Waals surface area contributed by atoms with Crippen LogP contribution in [0.5, 0.6) is 0 Å². The molecule has 0 nitrogen and oxygen atoms in total. The third-order valence-electron chi connectivity index (χ3n) is 3.23. The highest BCUT2D eigenvalue weighted by atomic mass is 79.9. The monoisotopic (exact) mass is 332 g/mol. The Morgan fingerprint density at radius 1 is 0.810 bits per heavy atom. The highest BCUT2D eigenvalue weighted by Gasteiger charge is 2.01. The van der Waals surface area contributed by atoms with Crippen LogP contribution in [-0.2, 0) is 0 Å². The number of halogens is 1. The molecule has 100 valence electrons. The third kappa shape index (κ3) is 3.24. The first kappa shape index (κ1) is 13.7. The van der Waals surface area contributed by atoms with Crippen molar-refractivity contribution in [3.63, 3.8) is 0 Å². The van der Waals surface area contributed by atoms with Gasteiger partial charge >= 0.3 is 0 Å². The smallest absolute Gasteiger partial charge is 0.0326 e. The zero-order chi connectivity index (χ0) is 14.5. The maximum absolute atomic E-state index is 3.68. The first-order valence-electron chi connectivity index (χ1n) is 6.75. The molecule has 0 N–H and O–H groups in total. The van der Waals surface area contributed by atoms with Crippen molar-refractivity contribution in [3.8, 4) is 11.8 Å². The summed E-state index contributed by atoms with van der Waals surface area (Å²) >= 11 is 3.68. The minimum atomic E-state index is 1.03. The lowest BCUT2D eigenvalue weighted by Gasteiger charge is -2.03. The Labute approximate surface area is 133 Å². The summed E-state index contributed by atoms with van der Waals surface area (Å²) in [7, 11) is 0. The number of allylic oxidation sites excluding steroid dienone is 1. The van der Waals surface area contributed by atoms with Gasteiger partial charge in [-0.05, 0) is 56.6 Å². The van der Waals surface area contributed by atoms with Crippen LogP contribution in [0, 0.1) is 11.8 Å². The van der Waals surface area contributed by atoms with E-state index in [-0.39, 0.29) is 0 Å². The Balaban J connectivity index is 1.87. The summed E-state index contributed by atoms with van der Waals surface area (Å²) in [5, 5.41) is 2.45. The van der Waals surface area contributed by atoms with Crippen molar-refractivity contribution in [2.45, 2.75) is 0 Å². The second kappa shape index (κ2) is 6.43. The number of rotatable bonds is 1. The summed E-state index contributed by atoms with van der Waals surface area (Å²) < 4.78 is 1.11. The van der Waals surface area contributed by atoms with Gasteiger partial charge in [0.25, 0.3) is 0 Å². The molecule has 0 spiro atoms. The van der Waals surface area contributed by atoms with Gasteiger partial charge in [0.2, 0.25) is 0 Å². The highest BCUT2D eigenvalue weighted by molar-refractivity contribution is 9.10. The molecule has 21 heavy (non-hydrogen) atoms. The lowest BCUT2D eigenvalue weighted by Crippen LogP contribution is -1.79. The summed E-state index contributed by atoms with van der Waals surface area (Å²) in [5.41, 5.74) is 2.16. The maximum atomic E-state index is 3.68. The molecule has 3 aromatic carbocycles. The number of hydrogen-bond donors (Lipinski definition) is 0. The molecule has 0 fully saturated rings. The fourth-order valence-electron chi connectivity index (χ4n) is 2.16. The largest absolute Gasteiger partial charge is 0.0696 e. The molecule has 0 heterocycles. The molecule has 0 aromatic heterocycles. The summed E-state index contributed by atoms with van der Waals surface area (Å²) in [5.74, 6) is 6.19. The van der Waals surface area contributed by atoms with E-state index in [1.54, 1.807) is 0 Å². The Morgan fingerprint density at radius 2 is 1.57 bits per heavy atom. The van der Waals surface area contributed by atoms with E-state index in [9.17, 15) is 0 Å². The minimum absolute atomic E-state index is 1.03. The van der Waals surface area contributed by atoms with E-state index in [0.717, 1.165) is 15.6 Å². The zero-order valence-corrected chi connectivity index (χ0v) is 13.0. The van der Waals surface area contributed by atoms with Crippen LogP contribution in [0.4, 0.5) is 0 Å². The molecule has 0 saturated heterocycles. The molecule has 0 aliphatic rings. The Morgan fingerprint density at radius 3 is 2.43 bits per heavy atom. The van der Waals surface area contributed by atoms with Crippen molar-refractivity contribution in [2.24, 2.45) is 0 Å². The lowest BCUT2D eigenvalue weighted by atomic mass is 10.1. The van der Waals surface area contributed by atoms with Crippen molar-refractivity contribution in [1.29, 1.82) is 0 Å². The topological polar surface area (TPSA) is 0 Å². The normalized spacial score (nSPS) is 10.5. The summed E-state index contributed by atoms with van der Waals surface area (Å²) in [6.07, 6.45) is 3.92. The SMILES string of the molecule is Brc1c(/C=C\C#Cc2ccccc2)ccc2ccccc12. The van der Waals surface area contributed by atoms with Gasteiger partial charge in [-0.2, -0.15) is 0 Å². The van der Waals surface area contributed by atoms with E-state index in [2.05, 4.69) is 64.2 Å². The van der Waals surface area contributed by atoms with Crippen molar-refractivity contribution >= 4 is 32.8 Å². The van der Waals surface area contributed by atoms with E-state index >= 15 is 0 Å². The standard InChI is InChI=1S/C20H13Br/c21-20-18(15-14-17-11-6-7-13-19(17)20)12-5-4-10-16-8-2-1-3-9-16/h1-3,5-9,11-15H/b12-5-. The van der Waals surface area contributed by atoms with Crippen LogP contribution in [0.2, 0.25) is 0 Å². The summed E-state index contributed by atoms with van der Waals surface area (Å²) in [4.78, 5) is 0. The van der Waals surface area contributed by atoms with Gasteiger partial charge in [0.15, 0.2) is 0 Å². The first-order chi connectivity index (χ1) is 10.3. The second-order valence-corrected chi connectivity index (χ2v) is 5.45. The lowest BCUT2D eigenvalue weighted by molar-refractivity contribution is 1.65. The van der Waals surface area contributed by atoms with E-state index in [4.69, 9.17) is 0 Å². The quantitative estimate of drug-likeness (QED) is 0.504. The predicted molar refractivity (Wildman–Crippen MR) is 94.0 cm³/mol. The molecule has 0 aliphatic carbocycles. The Bertz CT molecular complexity index is 849. The molecule has 0 aliphatic heterocycles. The molecular weight excluding hydrogens is 320 g/mol. The van der Waals surface area contributed by atoms with E-state index in [1.165, 1.54) is 10.8 Å². The van der Waals surface area contributed by atoms with Gasteiger partial charge in [0.1, 0.15) is 0 Å². The third-order valence-corrected chi connectivity index (χ3v) is 4.11. The first-order valence-corrected chi connectivity index (χ1v) is 7.54. The number of hydrogen-bond acceptors (Lipinski definition) is 0. The van der Waals surface area contributed by atoms with Crippen molar-refractivity contribution in [2.75, 3.05) is 0 Å². The average molecular weight is 333 g/mol. The average Bonchev–Trinajstić information content (AvgIpc) is 2.55. The highest BCUT2D eigenvalue weighted by Crippen LogP contribution is 2.28. The molecule has 3 aromatic rings. The van der Waals surface area contributed by atoms with Crippen LogP contribution in [-0.4, -0.2) is 0 Å². The van der Waals surface area contributed by atoms with Gasteiger partial charge in [-0.3, -0.25) is 0 Å². The van der Waals surface area contributed by atoms with Crippen molar-refractivity contribution < 1.29 is 0 Å². The van der Waals surface area contributed by atoms with Gasteiger partial charge in [-0.15, -0.1) is 0 Å². The summed E-state index contributed by atoms with van der Waals surface area (Å²) in [6, 6.07) is 22.6. The van der Waals surface area contributed by atoms with Crippen LogP contribution >= 0.6 is 15.9 Å². The summed E-state index contributed by atoms with van der Waals surface area (Å²) in [6.45, 7) is 0. The fourth-order valence-corrected chi connectivity index (χ4v) is 2.78.